The highest BCUT2D eigenvalue weighted by molar-refractivity contribution is 4.55. The first-order valence-corrected chi connectivity index (χ1v) is 11.3. The lowest BCUT2D eigenvalue weighted by molar-refractivity contribution is 0.435. The van der Waals surface area contributed by atoms with E-state index in [0.717, 1.165) is 5.92 Å². The first-order valence-electron chi connectivity index (χ1n) is 11.3. The molecule has 0 aliphatic carbocycles. The first kappa shape index (κ1) is 23.0. The molecular weight excluding hydrogens is 276 g/mol. The van der Waals surface area contributed by atoms with Crippen molar-refractivity contribution in [1.82, 2.24) is 0 Å². The number of hydrogen-bond donors (Lipinski definition) is 0. The zero-order valence-electron chi connectivity index (χ0n) is 17.0. The number of rotatable bonds is 19. The molecule has 0 saturated carbocycles. The van der Waals surface area contributed by atoms with Crippen molar-refractivity contribution in [3.05, 3.63) is 0 Å². The van der Waals surface area contributed by atoms with Gasteiger partial charge in [-0.2, -0.15) is 0 Å². The fourth-order valence-electron chi connectivity index (χ4n) is 3.57. The molecule has 0 spiro atoms. The molecule has 0 heterocycles. The molecular formula is C23H48. The van der Waals surface area contributed by atoms with E-state index in [1.807, 2.05) is 0 Å². The Kier molecular flexibility index (Phi) is 20.0. The minimum Gasteiger partial charge on any atom is -0.0654 e. The van der Waals surface area contributed by atoms with Gasteiger partial charge in [-0.3, -0.25) is 0 Å². The highest BCUT2D eigenvalue weighted by atomic mass is 14.1. The highest BCUT2D eigenvalue weighted by Crippen LogP contribution is 2.18. The van der Waals surface area contributed by atoms with Crippen molar-refractivity contribution in [1.29, 1.82) is 0 Å². The van der Waals surface area contributed by atoms with Crippen LogP contribution in [0.2, 0.25) is 0 Å². The van der Waals surface area contributed by atoms with Crippen molar-refractivity contribution in [2.45, 2.75) is 143 Å². The van der Waals surface area contributed by atoms with Crippen LogP contribution >= 0.6 is 0 Å². The van der Waals surface area contributed by atoms with Crippen molar-refractivity contribution >= 4 is 0 Å². The molecule has 23 heavy (non-hydrogen) atoms. The Labute approximate surface area is 149 Å². The second-order valence-electron chi connectivity index (χ2n) is 7.99. The van der Waals surface area contributed by atoms with Crippen LogP contribution in [0.15, 0.2) is 0 Å². The van der Waals surface area contributed by atoms with E-state index in [0.29, 0.717) is 0 Å². The summed E-state index contributed by atoms with van der Waals surface area (Å²) in [6, 6.07) is 0. The molecule has 0 aliphatic heterocycles. The smallest absolute Gasteiger partial charge is 0.0443 e. The Morgan fingerprint density at radius 3 is 1.04 bits per heavy atom. The van der Waals surface area contributed by atoms with Crippen molar-refractivity contribution in [2.75, 3.05) is 0 Å². The number of hydrogen-bond acceptors (Lipinski definition) is 0. The van der Waals surface area contributed by atoms with Crippen LogP contribution in [0.1, 0.15) is 143 Å². The third kappa shape index (κ3) is 20.0. The van der Waals surface area contributed by atoms with Crippen LogP contribution in [-0.4, -0.2) is 0 Å². The summed E-state index contributed by atoms with van der Waals surface area (Å²) in [6.45, 7) is 7.06. The van der Waals surface area contributed by atoms with E-state index in [4.69, 9.17) is 0 Å². The molecule has 0 bridgehead atoms. The van der Waals surface area contributed by atoms with Crippen LogP contribution in [0.4, 0.5) is 0 Å². The predicted molar refractivity (Wildman–Crippen MR) is 108 cm³/mol. The maximum atomic E-state index is 2.46. The molecule has 140 valence electrons. The van der Waals surface area contributed by atoms with Gasteiger partial charge < -0.3 is 0 Å². The minimum atomic E-state index is 0.971. The lowest BCUT2D eigenvalue weighted by Gasteiger charge is -2.10. The summed E-state index contributed by atoms with van der Waals surface area (Å²) >= 11 is 0. The van der Waals surface area contributed by atoms with Crippen LogP contribution in [0.5, 0.6) is 0 Å². The normalized spacial score (nSPS) is 12.7. The minimum absolute atomic E-state index is 0.971. The Hall–Kier alpha value is 0. The topological polar surface area (TPSA) is 0 Å². The molecule has 1 atom stereocenters. The van der Waals surface area contributed by atoms with Crippen molar-refractivity contribution in [2.24, 2.45) is 5.92 Å². The van der Waals surface area contributed by atoms with Crippen LogP contribution in [0, 0.1) is 5.92 Å². The molecule has 0 aromatic heterocycles. The summed E-state index contributed by atoms with van der Waals surface area (Å²) in [6.07, 6.45) is 27.8. The zero-order valence-corrected chi connectivity index (χ0v) is 17.0. The second-order valence-corrected chi connectivity index (χ2v) is 7.99. The summed E-state index contributed by atoms with van der Waals surface area (Å²) in [7, 11) is 0. The van der Waals surface area contributed by atoms with Gasteiger partial charge in [0.15, 0.2) is 0 Å². The van der Waals surface area contributed by atoms with Gasteiger partial charge in [0.2, 0.25) is 0 Å². The first-order chi connectivity index (χ1) is 11.3. The molecule has 0 heteroatoms. The van der Waals surface area contributed by atoms with Gasteiger partial charge in [-0.05, 0) is 5.92 Å². The summed E-state index contributed by atoms with van der Waals surface area (Å²) < 4.78 is 0. The van der Waals surface area contributed by atoms with Gasteiger partial charge in [0, 0.05) is 0 Å². The molecule has 0 radical (unpaired) electrons. The van der Waals surface area contributed by atoms with Crippen molar-refractivity contribution in [3.63, 3.8) is 0 Å². The van der Waals surface area contributed by atoms with Crippen LogP contribution < -0.4 is 0 Å². The van der Waals surface area contributed by atoms with E-state index >= 15 is 0 Å². The van der Waals surface area contributed by atoms with Crippen molar-refractivity contribution in [3.8, 4) is 0 Å². The van der Waals surface area contributed by atoms with E-state index in [-0.39, 0.29) is 0 Å². The van der Waals surface area contributed by atoms with Crippen LogP contribution in [-0.2, 0) is 0 Å². The average molecular weight is 325 g/mol. The zero-order chi connectivity index (χ0) is 17.0. The summed E-state index contributed by atoms with van der Waals surface area (Å²) in [5.41, 5.74) is 0. The van der Waals surface area contributed by atoms with Gasteiger partial charge in [-0.15, -0.1) is 0 Å². The Morgan fingerprint density at radius 1 is 0.391 bits per heavy atom. The fraction of sp³-hybridized carbons (Fsp3) is 1.00. The SMILES string of the molecule is CCCCCCCCCCCCCCCC[C@@H](C)CCCCC. The van der Waals surface area contributed by atoms with E-state index in [1.165, 1.54) is 122 Å². The maximum Gasteiger partial charge on any atom is -0.0443 e. The maximum absolute atomic E-state index is 2.46. The molecule has 0 N–H and O–H groups in total. The van der Waals surface area contributed by atoms with Gasteiger partial charge in [0.1, 0.15) is 0 Å². The predicted octanol–water partition coefficient (Wildman–Crippen LogP) is 9.07. The lowest BCUT2D eigenvalue weighted by Crippen LogP contribution is -1.94. The van der Waals surface area contributed by atoms with Gasteiger partial charge in [0.05, 0.1) is 0 Å². The fourth-order valence-corrected chi connectivity index (χ4v) is 3.57. The third-order valence-electron chi connectivity index (χ3n) is 5.35. The Morgan fingerprint density at radius 2 is 0.652 bits per heavy atom. The van der Waals surface area contributed by atoms with Crippen molar-refractivity contribution < 1.29 is 0 Å². The quantitative estimate of drug-likeness (QED) is 0.208. The summed E-state index contributed by atoms with van der Waals surface area (Å²) in [5, 5.41) is 0. The van der Waals surface area contributed by atoms with E-state index in [2.05, 4.69) is 20.8 Å². The van der Waals surface area contributed by atoms with E-state index in [9.17, 15) is 0 Å². The molecule has 0 unspecified atom stereocenters. The molecule has 0 nitrogen and oxygen atoms in total. The molecule has 0 saturated heterocycles. The Bertz CT molecular complexity index is 196. The monoisotopic (exact) mass is 324 g/mol. The Balaban J connectivity index is 3.05. The van der Waals surface area contributed by atoms with Gasteiger partial charge in [-0.1, -0.05) is 143 Å². The van der Waals surface area contributed by atoms with Crippen LogP contribution in [0.3, 0.4) is 0 Å². The van der Waals surface area contributed by atoms with E-state index in [1.54, 1.807) is 0 Å². The molecule has 0 amide bonds. The van der Waals surface area contributed by atoms with Crippen LogP contribution in [0.25, 0.3) is 0 Å². The largest absolute Gasteiger partial charge is 0.0654 e. The molecule has 0 aromatic rings. The summed E-state index contributed by atoms with van der Waals surface area (Å²) in [5.74, 6) is 0.971. The molecule has 0 fully saturated rings. The van der Waals surface area contributed by atoms with Gasteiger partial charge in [0.25, 0.3) is 0 Å². The number of unbranched alkanes of at least 4 members (excludes halogenated alkanes) is 15. The average Bonchev–Trinajstić information content (AvgIpc) is 2.55. The molecule has 0 aliphatic rings. The van der Waals surface area contributed by atoms with Gasteiger partial charge in [-0.25, -0.2) is 0 Å². The standard InChI is InChI=1S/C23H48/c1-4-6-8-9-10-11-12-13-14-15-16-17-18-20-22-23(3)21-19-7-5-2/h23H,4-22H2,1-3H3/t23-/m0/s1. The lowest BCUT2D eigenvalue weighted by atomic mass is 9.96. The highest BCUT2D eigenvalue weighted by Gasteiger charge is 2.01. The molecule has 0 aromatic carbocycles. The second kappa shape index (κ2) is 20.0. The van der Waals surface area contributed by atoms with E-state index < -0.39 is 0 Å². The molecule has 0 rings (SSSR count). The third-order valence-corrected chi connectivity index (χ3v) is 5.35. The summed E-state index contributed by atoms with van der Waals surface area (Å²) in [4.78, 5) is 0. The van der Waals surface area contributed by atoms with Gasteiger partial charge >= 0.3 is 0 Å².